The Kier molecular flexibility index (Phi) is 3.34. The summed E-state index contributed by atoms with van der Waals surface area (Å²) in [5.74, 6) is 1.79. The molecule has 0 aromatic rings. The minimum atomic E-state index is 0.328. The zero-order valence-electron chi connectivity index (χ0n) is 7.42. The van der Waals surface area contributed by atoms with Crippen molar-refractivity contribution in [1.29, 1.82) is 0 Å². The van der Waals surface area contributed by atoms with E-state index in [0.717, 1.165) is 25.6 Å². The van der Waals surface area contributed by atoms with Crippen LogP contribution in [0.25, 0.3) is 0 Å². The number of hydrogen-bond acceptors (Lipinski definition) is 2. The van der Waals surface area contributed by atoms with E-state index in [1.165, 1.54) is 0 Å². The molecule has 1 atom stereocenters. The number of hydrogen-bond donors (Lipinski definition) is 1. The predicted molar refractivity (Wildman–Crippen MR) is 44.3 cm³/mol. The summed E-state index contributed by atoms with van der Waals surface area (Å²) in [7, 11) is 0. The molecular weight excluding hydrogens is 140 g/mol. The molecule has 11 heavy (non-hydrogen) atoms. The third-order valence-electron chi connectivity index (χ3n) is 2.52. The second-order valence-electron chi connectivity index (χ2n) is 3.83. The van der Waals surface area contributed by atoms with Crippen LogP contribution in [0, 0.1) is 17.8 Å². The van der Waals surface area contributed by atoms with Crippen LogP contribution in [0.15, 0.2) is 0 Å². The van der Waals surface area contributed by atoms with Gasteiger partial charge in [-0.05, 0) is 18.3 Å². The van der Waals surface area contributed by atoms with Gasteiger partial charge in [-0.1, -0.05) is 13.8 Å². The molecule has 1 saturated heterocycles. The van der Waals surface area contributed by atoms with Crippen LogP contribution in [-0.2, 0) is 4.74 Å². The minimum Gasteiger partial charge on any atom is -0.396 e. The standard InChI is InChI=1S/C9H18O2/c1-7(2)9(4-10)3-8-5-11-6-8/h7-10H,3-6H2,1-2H3. The largest absolute Gasteiger partial charge is 0.396 e. The third kappa shape index (κ3) is 2.46. The van der Waals surface area contributed by atoms with E-state index in [9.17, 15) is 0 Å². The summed E-state index contributed by atoms with van der Waals surface area (Å²) in [5, 5.41) is 9.02. The molecule has 1 heterocycles. The first-order valence-corrected chi connectivity index (χ1v) is 4.42. The molecule has 0 radical (unpaired) electrons. The van der Waals surface area contributed by atoms with Gasteiger partial charge in [0.05, 0.1) is 13.2 Å². The molecule has 0 amide bonds. The molecule has 0 spiro atoms. The second kappa shape index (κ2) is 4.07. The fourth-order valence-corrected chi connectivity index (χ4v) is 1.41. The topological polar surface area (TPSA) is 29.5 Å². The predicted octanol–water partition coefficient (Wildman–Crippen LogP) is 1.29. The first-order valence-electron chi connectivity index (χ1n) is 4.42. The van der Waals surface area contributed by atoms with Gasteiger partial charge < -0.3 is 9.84 Å². The van der Waals surface area contributed by atoms with Crippen molar-refractivity contribution < 1.29 is 9.84 Å². The molecule has 0 aromatic heterocycles. The van der Waals surface area contributed by atoms with Gasteiger partial charge in [-0.2, -0.15) is 0 Å². The Labute approximate surface area is 68.6 Å². The van der Waals surface area contributed by atoms with Gasteiger partial charge in [0.25, 0.3) is 0 Å². The van der Waals surface area contributed by atoms with Gasteiger partial charge in [-0.25, -0.2) is 0 Å². The summed E-state index contributed by atoms with van der Waals surface area (Å²) >= 11 is 0. The van der Waals surface area contributed by atoms with Gasteiger partial charge in [0.1, 0.15) is 0 Å². The average Bonchev–Trinajstić information content (AvgIpc) is 1.85. The van der Waals surface area contributed by atoms with E-state index in [4.69, 9.17) is 9.84 Å². The smallest absolute Gasteiger partial charge is 0.0516 e. The summed E-state index contributed by atoms with van der Waals surface area (Å²) in [5.41, 5.74) is 0. The van der Waals surface area contributed by atoms with E-state index in [0.29, 0.717) is 18.4 Å². The lowest BCUT2D eigenvalue weighted by Gasteiger charge is -2.30. The van der Waals surface area contributed by atoms with Crippen LogP contribution < -0.4 is 0 Å². The van der Waals surface area contributed by atoms with Crippen molar-refractivity contribution in [2.75, 3.05) is 19.8 Å². The Bertz CT molecular complexity index is 108. The maximum absolute atomic E-state index is 9.02. The SMILES string of the molecule is CC(C)C(CO)CC1COC1. The Hall–Kier alpha value is -0.0800. The first-order chi connectivity index (χ1) is 5.24. The zero-order valence-corrected chi connectivity index (χ0v) is 7.42. The Morgan fingerprint density at radius 3 is 2.36 bits per heavy atom. The van der Waals surface area contributed by atoms with Crippen LogP contribution in [0.4, 0.5) is 0 Å². The quantitative estimate of drug-likeness (QED) is 0.668. The highest BCUT2D eigenvalue weighted by Gasteiger charge is 2.23. The summed E-state index contributed by atoms with van der Waals surface area (Å²) in [6.07, 6.45) is 1.13. The van der Waals surface area contributed by atoms with E-state index in [2.05, 4.69) is 13.8 Å². The number of aliphatic hydroxyl groups is 1. The van der Waals surface area contributed by atoms with Crippen molar-refractivity contribution in [1.82, 2.24) is 0 Å². The number of rotatable bonds is 4. The lowest BCUT2D eigenvalue weighted by atomic mass is 9.86. The van der Waals surface area contributed by atoms with E-state index < -0.39 is 0 Å². The molecule has 2 heteroatoms. The molecule has 1 N–H and O–H groups in total. The van der Waals surface area contributed by atoms with Gasteiger partial charge in [0.15, 0.2) is 0 Å². The Balaban J connectivity index is 2.19. The van der Waals surface area contributed by atoms with E-state index in [1.807, 2.05) is 0 Å². The molecule has 1 unspecified atom stereocenters. The normalized spacial score (nSPS) is 21.8. The van der Waals surface area contributed by atoms with Gasteiger partial charge in [0.2, 0.25) is 0 Å². The maximum atomic E-state index is 9.02. The van der Waals surface area contributed by atoms with Gasteiger partial charge >= 0.3 is 0 Å². The number of aliphatic hydroxyl groups excluding tert-OH is 1. The highest BCUT2D eigenvalue weighted by atomic mass is 16.5. The van der Waals surface area contributed by atoms with Crippen LogP contribution in [0.5, 0.6) is 0 Å². The van der Waals surface area contributed by atoms with E-state index in [1.54, 1.807) is 0 Å². The van der Waals surface area contributed by atoms with Crippen LogP contribution in [-0.4, -0.2) is 24.9 Å². The molecule has 0 bridgehead atoms. The van der Waals surface area contributed by atoms with Crippen molar-refractivity contribution in [3.8, 4) is 0 Å². The summed E-state index contributed by atoms with van der Waals surface area (Å²) in [6.45, 7) is 6.47. The summed E-state index contributed by atoms with van der Waals surface area (Å²) < 4.78 is 5.08. The minimum absolute atomic E-state index is 0.328. The summed E-state index contributed by atoms with van der Waals surface area (Å²) in [4.78, 5) is 0. The van der Waals surface area contributed by atoms with Gasteiger partial charge in [-0.3, -0.25) is 0 Å². The fourth-order valence-electron chi connectivity index (χ4n) is 1.41. The highest BCUT2D eigenvalue weighted by molar-refractivity contribution is 4.72. The molecule has 0 aliphatic carbocycles. The first kappa shape index (κ1) is 9.01. The molecule has 66 valence electrons. The van der Waals surface area contributed by atoms with Crippen LogP contribution in [0.1, 0.15) is 20.3 Å². The third-order valence-corrected chi connectivity index (χ3v) is 2.52. The van der Waals surface area contributed by atoms with Gasteiger partial charge in [-0.15, -0.1) is 0 Å². The van der Waals surface area contributed by atoms with Gasteiger partial charge in [0, 0.05) is 12.5 Å². The van der Waals surface area contributed by atoms with Crippen molar-refractivity contribution >= 4 is 0 Å². The monoisotopic (exact) mass is 158 g/mol. The van der Waals surface area contributed by atoms with Crippen LogP contribution >= 0.6 is 0 Å². The fraction of sp³-hybridized carbons (Fsp3) is 1.00. The highest BCUT2D eigenvalue weighted by Crippen LogP contribution is 2.24. The zero-order chi connectivity index (χ0) is 8.27. The Morgan fingerprint density at radius 2 is 2.09 bits per heavy atom. The maximum Gasteiger partial charge on any atom is 0.0516 e. The molecule has 0 saturated carbocycles. The van der Waals surface area contributed by atoms with Crippen LogP contribution in [0.3, 0.4) is 0 Å². The molecule has 1 fully saturated rings. The van der Waals surface area contributed by atoms with Crippen molar-refractivity contribution in [2.24, 2.45) is 17.8 Å². The molecular formula is C9H18O2. The molecule has 1 aliphatic rings. The molecule has 1 rings (SSSR count). The summed E-state index contributed by atoms with van der Waals surface area (Å²) in [6, 6.07) is 0. The van der Waals surface area contributed by atoms with Crippen molar-refractivity contribution in [2.45, 2.75) is 20.3 Å². The van der Waals surface area contributed by atoms with Crippen molar-refractivity contribution in [3.05, 3.63) is 0 Å². The van der Waals surface area contributed by atoms with E-state index in [-0.39, 0.29) is 0 Å². The molecule has 1 aliphatic heterocycles. The lowest BCUT2D eigenvalue weighted by Crippen LogP contribution is -2.31. The lowest BCUT2D eigenvalue weighted by molar-refractivity contribution is -0.0491. The Morgan fingerprint density at radius 1 is 1.45 bits per heavy atom. The molecule has 0 aromatic carbocycles. The van der Waals surface area contributed by atoms with Crippen molar-refractivity contribution in [3.63, 3.8) is 0 Å². The van der Waals surface area contributed by atoms with E-state index >= 15 is 0 Å². The average molecular weight is 158 g/mol. The number of ether oxygens (including phenoxy) is 1. The molecule has 2 nitrogen and oxygen atoms in total. The second-order valence-corrected chi connectivity index (χ2v) is 3.83. The van der Waals surface area contributed by atoms with Crippen LogP contribution in [0.2, 0.25) is 0 Å².